The highest BCUT2D eigenvalue weighted by atomic mass is 32.1. The summed E-state index contributed by atoms with van der Waals surface area (Å²) in [5.74, 6) is -0.479. The smallest absolute Gasteiger partial charge is 0.313 e. The van der Waals surface area contributed by atoms with Crippen molar-refractivity contribution in [3.8, 4) is 0 Å². The quantitative estimate of drug-likeness (QED) is 0.113. The molecule has 186 valence electrons. The SMILES string of the molecule is CCCCCC(=O)CC(=O)OC(C)c1ccc2cc3c(cc2c1)sc1c2cc4ccccc4cc2sc31. The number of fused-ring (bicyclic) bond motifs is 7. The van der Waals surface area contributed by atoms with E-state index in [0.29, 0.717) is 6.42 Å². The van der Waals surface area contributed by atoms with E-state index in [0.717, 1.165) is 30.2 Å². The van der Waals surface area contributed by atoms with Crippen molar-refractivity contribution in [2.75, 3.05) is 0 Å². The molecule has 5 heteroatoms. The molecule has 0 bridgehead atoms. The minimum absolute atomic E-state index is 0.0373. The van der Waals surface area contributed by atoms with Crippen molar-refractivity contribution < 1.29 is 14.3 Å². The summed E-state index contributed by atoms with van der Waals surface area (Å²) in [6.07, 6.45) is 2.81. The second-order valence-electron chi connectivity index (χ2n) is 9.82. The Kier molecular flexibility index (Phi) is 6.43. The molecule has 0 spiro atoms. The minimum Gasteiger partial charge on any atom is -0.457 e. The van der Waals surface area contributed by atoms with Crippen molar-refractivity contribution >= 4 is 85.5 Å². The van der Waals surface area contributed by atoms with Gasteiger partial charge in [0.15, 0.2) is 0 Å². The van der Waals surface area contributed by atoms with Crippen LogP contribution in [0.15, 0.2) is 66.7 Å². The Morgan fingerprint density at radius 3 is 2.08 bits per heavy atom. The summed E-state index contributed by atoms with van der Waals surface area (Å²) in [5, 5.41) is 7.48. The van der Waals surface area contributed by atoms with Crippen LogP contribution >= 0.6 is 22.7 Å². The first-order valence-electron chi connectivity index (χ1n) is 12.9. The summed E-state index contributed by atoms with van der Waals surface area (Å²) < 4.78 is 10.9. The molecular formula is C32H28O3S2. The second-order valence-corrected chi connectivity index (χ2v) is 11.9. The van der Waals surface area contributed by atoms with Crippen molar-refractivity contribution in [2.24, 2.45) is 0 Å². The Hall–Kier alpha value is -3.28. The molecule has 0 radical (unpaired) electrons. The van der Waals surface area contributed by atoms with Gasteiger partial charge in [-0.25, -0.2) is 0 Å². The van der Waals surface area contributed by atoms with E-state index in [-0.39, 0.29) is 12.2 Å². The van der Waals surface area contributed by atoms with Gasteiger partial charge >= 0.3 is 5.97 Å². The normalized spacial score (nSPS) is 12.7. The molecule has 4 aromatic carbocycles. The summed E-state index contributed by atoms with van der Waals surface area (Å²) in [6, 6.07) is 23.9. The molecule has 2 heterocycles. The first-order chi connectivity index (χ1) is 18.0. The third-order valence-corrected chi connectivity index (χ3v) is 9.61. The molecular weight excluding hydrogens is 496 g/mol. The average molecular weight is 525 g/mol. The lowest BCUT2D eigenvalue weighted by atomic mass is 10.0. The minimum atomic E-state index is -0.442. The first kappa shape index (κ1) is 24.1. The molecule has 0 aliphatic carbocycles. The molecule has 0 aliphatic heterocycles. The highest BCUT2D eigenvalue weighted by Gasteiger charge is 2.17. The van der Waals surface area contributed by atoms with E-state index in [1.54, 1.807) is 0 Å². The second kappa shape index (κ2) is 9.88. The molecule has 0 N–H and O–H groups in total. The molecule has 0 aliphatic rings. The Balaban J connectivity index is 1.29. The van der Waals surface area contributed by atoms with E-state index in [1.807, 2.05) is 35.7 Å². The standard InChI is InChI=1S/C32H28O3S2/c1-3-4-5-10-25(33)18-30(34)35-19(2)20-11-12-23-15-27-29(17-24(23)13-20)37-31-26-14-21-8-6-7-9-22(21)16-28(26)36-32(27)31/h6-9,11-17,19H,3-5,10,18H2,1-2H3. The number of ketones is 1. The molecule has 0 fully saturated rings. The number of Topliss-reactive ketones (excluding diaryl/α,β-unsaturated/α-hetero) is 1. The molecule has 0 amide bonds. The molecule has 1 unspecified atom stereocenters. The Morgan fingerprint density at radius 1 is 0.784 bits per heavy atom. The van der Waals surface area contributed by atoms with Crippen LogP contribution in [0, 0.1) is 0 Å². The lowest BCUT2D eigenvalue weighted by Gasteiger charge is -2.14. The molecule has 0 saturated heterocycles. The predicted molar refractivity (Wildman–Crippen MR) is 158 cm³/mol. The number of rotatable bonds is 8. The molecule has 0 saturated carbocycles. The summed E-state index contributed by atoms with van der Waals surface area (Å²) in [4.78, 5) is 24.4. The fourth-order valence-electron chi connectivity index (χ4n) is 5.09. The van der Waals surface area contributed by atoms with Gasteiger partial charge in [0.1, 0.15) is 18.3 Å². The van der Waals surface area contributed by atoms with Crippen molar-refractivity contribution in [3.05, 3.63) is 72.3 Å². The van der Waals surface area contributed by atoms with Crippen molar-refractivity contribution in [1.82, 2.24) is 0 Å². The fraction of sp³-hybridized carbons (Fsp3) is 0.250. The van der Waals surface area contributed by atoms with Crippen LogP contribution in [0.5, 0.6) is 0 Å². The zero-order chi connectivity index (χ0) is 25.5. The highest BCUT2D eigenvalue weighted by Crippen LogP contribution is 2.46. The lowest BCUT2D eigenvalue weighted by molar-refractivity contribution is -0.150. The van der Waals surface area contributed by atoms with Gasteiger partial charge in [0, 0.05) is 26.6 Å². The Morgan fingerprint density at radius 2 is 1.41 bits per heavy atom. The van der Waals surface area contributed by atoms with Gasteiger partial charge in [-0.1, -0.05) is 56.2 Å². The van der Waals surface area contributed by atoms with Crippen LogP contribution in [0.3, 0.4) is 0 Å². The number of hydrogen-bond acceptors (Lipinski definition) is 5. The number of ether oxygens (including phenoxy) is 1. The van der Waals surface area contributed by atoms with E-state index < -0.39 is 12.1 Å². The van der Waals surface area contributed by atoms with Gasteiger partial charge in [0.05, 0.1) is 9.40 Å². The summed E-state index contributed by atoms with van der Waals surface area (Å²) in [7, 11) is 0. The summed E-state index contributed by atoms with van der Waals surface area (Å²) in [5.41, 5.74) is 0.939. The van der Waals surface area contributed by atoms with E-state index in [1.165, 1.54) is 45.7 Å². The van der Waals surface area contributed by atoms with Gasteiger partial charge in [-0.3, -0.25) is 9.59 Å². The maximum Gasteiger partial charge on any atom is 0.313 e. The van der Waals surface area contributed by atoms with Crippen LogP contribution in [0.25, 0.3) is 51.1 Å². The first-order valence-corrected chi connectivity index (χ1v) is 14.6. The van der Waals surface area contributed by atoms with E-state index in [2.05, 4.69) is 67.6 Å². The zero-order valence-corrected chi connectivity index (χ0v) is 22.6. The van der Waals surface area contributed by atoms with Gasteiger partial charge in [0.2, 0.25) is 0 Å². The number of carbonyl (C=O) groups is 2. The van der Waals surface area contributed by atoms with Gasteiger partial charge < -0.3 is 4.74 Å². The topological polar surface area (TPSA) is 43.4 Å². The van der Waals surface area contributed by atoms with Crippen molar-refractivity contribution in [1.29, 1.82) is 0 Å². The number of thiophene rings is 2. The van der Waals surface area contributed by atoms with Gasteiger partial charge in [0.25, 0.3) is 0 Å². The third-order valence-electron chi connectivity index (χ3n) is 7.11. The van der Waals surface area contributed by atoms with E-state index in [9.17, 15) is 9.59 Å². The number of benzene rings is 4. The zero-order valence-electron chi connectivity index (χ0n) is 21.0. The number of carbonyl (C=O) groups excluding carboxylic acids is 2. The monoisotopic (exact) mass is 524 g/mol. The highest BCUT2D eigenvalue weighted by molar-refractivity contribution is 7.36. The number of esters is 1. The van der Waals surface area contributed by atoms with Gasteiger partial charge in [-0.15, -0.1) is 22.7 Å². The number of unbranched alkanes of at least 4 members (excludes halogenated alkanes) is 2. The van der Waals surface area contributed by atoms with E-state index in [4.69, 9.17) is 4.74 Å². The fourth-order valence-corrected chi connectivity index (χ4v) is 7.78. The number of hydrogen-bond donors (Lipinski definition) is 0. The third kappa shape index (κ3) is 4.62. The predicted octanol–water partition coefficient (Wildman–Crippen LogP) is 9.72. The molecule has 2 aromatic heterocycles. The summed E-state index contributed by atoms with van der Waals surface area (Å²) in [6.45, 7) is 3.97. The average Bonchev–Trinajstić information content (AvgIpc) is 3.41. The largest absolute Gasteiger partial charge is 0.457 e. The van der Waals surface area contributed by atoms with Gasteiger partial charge in [-0.2, -0.15) is 0 Å². The Bertz CT molecular complexity index is 1810. The molecule has 6 aromatic rings. The lowest BCUT2D eigenvalue weighted by Crippen LogP contribution is -2.13. The molecule has 1 atom stereocenters. The summed E-state index contributed by atoms with van der Waals surface area (Å²) >= 11 is 3.72. The van der Waals surface area contributed by atoms with Crippen LogP contribution < -0.4 is 0 Å². The van der Waals surface area contributed by atoms with E-state index >= 15 is 0 Å². The maximum atomic E-state index is 12.3. The van der Waals surface area contributed by atoms with Crippen LogP contribution in [0.1, 0.15) is 57.6 Å². The van der Waals surface area contributed by atoms with Crippen LogP contribution in [0.2, 0.25) is 0 Å². The van der Waals surface area contributed by atoms with Gasteiger partial charge in [-0.05, 0) is 70.8 Å². The Labute approximate surface area is 223 Å². The van der Waals surface area contributed by atoms with Crippen LogP contribution in [-0.4, -0.2) is 11.8 Å². The molecule has 37 heavy (non-hydrogen) atoms. The molecule has 6 rings (SSSR count). The maximum absolute atomic E-state index is 12.3. The van der Waals surface area contributed by atoms with Crippen LogP contribution in [-0.2, 0) is 14.3 Å². The van der Waals surface area contributed by atoms with Crippen molar-refractivity contribution in [3.63, 3.8) is 0 Å². The molecule has 3 nitrogen and oxygen atoms in total. The van der Waals surface area contributed by atoms with Crippen LogP contribution in [0.4, 0.5) is 0 Å². The van der Waals surface area contributed by atoms with Crippen molar-refractivity contribution in [2.45, 2.75) is 52.1 Å².